The van der Waals surface area contributed by atoms with Gasteiger partial charge in [0, 0.05) is 11.6 Å². The third kappa shape index (κ3) is 3.99. The fourth-order valence-electron chi connectivity index (χ4n) is 1.60. The Hall–Kier alpha value is -2.00. The second kappa shape index (κ2) is 6.64. The molecule has 0 saturated heterocycles. The van der Waals surface area contributed by atoms with E-state index in [1.807, 2.05) is 26.2 Å². The largest absolute Gasteiger partial charge is 0.463 e. The van der Waals surface area contributed by atoms with Crippen LogP contribution in [0.4, 0.5) is 11.9 Å². The van der Waals surface area contributed by atoms with Crippen LogP contribution in [-0.2, 0) is 5.54 Å². The summed E-state index contributed by atoms with van der Waals surface area (Å²) in [5, 5.41) is 6.08. The van der Waals surface area contributed by atoms with Gasteiger partial charge in [-0.1, -0.05) is 6.92 Å². The van der Waals surface area contributed by atoms with Crippen molar-refractivity contribution in [3.8, 4) is 6.01 Å². The number of nitrogens with two attached hydrogens (primary N) is 1. The van der Waals surface area contributed by atoms with Crippen molar-refractivity contribution in [2.75, 3.05) is 17.3 Å². The minimum absolute atomic E-state index is 0.234. The van der Waals surface area contributed by atoms with Crippen molar-refractivity contribution in [1.29, 1.82) is 0 Å². The first-order chi connectivity index (χ1) is 10.0. The third-order valence-electron chi connectivity index (χ3n) is 2.57. The molecule has 0 aliphatic rings. The molecular weight excluding hydrogens is 290 g/mol. The normalized spacial score (nSPS) is 11.2. The number of nitrogens with one attached hydrogen (secondary N) is 2. The van der Waals surface area contributed by atoms with Crippen molar-refractivity contribution in [3.63, 3.8) is 0 Å². The standard InChI is InChI=1S/C12H19N7OS/c1-4-6-20-11-16-9(15-10(17-11)19-13)18-12(2,3)8-14-5-7-21-8/h5,7H,4,6,13H2,1-3H3,(H2,15,16,17,18,19). The monoisotopic (exact) mass is 309 g/mol. The van der Waals surface area contributed by atoms with Crippen LogP contribution in [0.25, 0.3) is 0 Å². The van der Waals surface area contributed by atoms with Crippen LogP contribution in [0.1, 0.15) is 32.2 Å². The average molecular weight is 309 g/mol. The zero-order chi connectivity index (χ0) is 15.3. The second-order valence-electron chi connectivity index (χ2n) is 4.85. The summed E-state index contributed by atoms with van der Waals surface area (Å²) in [7, 11) is 0. The Bertz CT molecular complexity index is 573. The third-order valence-corrected chi connectivity index (χ3v) is 3.67. The number of nitrogens with zero attached hydrogens (tertiary/aromatic N) is 4. The highest BCUT2D eigenvalue weighted by Crippen LogP contribution is 2.26. The van der Waals surface area contributed by atoms with Crippen LogP contribution in [0.3, 0.4) is 0 Å². The SMILES string of the molecule is CCCOc1nc(NN)nc(NC(C)(C)c2nccs2)n1. The molecule has 2 aromatic heterocycles. The van der Waals surface area contributed by atoms with Gasteiger partial charge in [0.05, 0.1) is 12.1 Å². The fraction of sp³-hybridized carbons (Fsp3) is 0.500. The number of hydrogen-bond donors (Lipinski definition) is 3. The molecule has 2 rings (SSSR count). The van der Waals surface area contributed by atoms with Gasteiger partial charge in [-0.05, 0) is 20.3 Å². The summed E-state index contributed by atoms with van der Waals surface area (Å²) in [5.41, 5.74) is 2.00. The van der Waals surface area contributed by atoms with Crippen LogP contribution in [0, 0.1) is 0 Å². The van der Waals surface area contributed by atoms with Crippen LogP contribution in [-0.4, -0.2) is 26.5 Å². The van der Waals surface area contributed by atoms with Gasteiger partial charge in [0.15, 0.2) is 0 Å². The maximum absolute atomic E-state index is 5.43. The lowest BCUT2D eigenvalue weighted by Crippen LogP contribution is -2.29. The van der Waals surface area contributed by atoms with E-state index in [4.69, 9.17) is 10.6 Å². The van der Waals surface area contributed by atoms with Crippen LogP contribution < -0.4 is 21.3 Å². The Morgan fingerprint density at radius 3 is 2.67 bits per heavy atom. The molecule has 0 atom stereocenters. The molecule has 0 aliphatic heterocycles. The maximum Gasteiger partial charge on any atom is 0.323 e. The summed E-state index contributed by atoms with van der Waals surface area (Å²) in [6, 6.07) is 0.234. The van der Waals surface area contributed by atoms with E-state index in [2.05, 4.69) is 30.7 Å². The van der Waals surface area contributed by atoms with Crippen molar-refractivity contribution in [2.24, 2.45) is 5.84 Å². The van der Waals surface area contributed by atoms with Gasteiger partial charge in [0.1, 0.15) is 5.01 Å². The first kappa shape index (κ1) is 15.4. The number of anilines is 2. The smallest absolute Gasteiger partial charge is 0.323 e. The van der Waals surface area contributed by atoms with Crippen molar-refractivity contribution in [3.05, 3.63) is 16.6 Å². The molecule has 0 aromatic carbocycles. The molecule has 0 saturated carbocycles. The fourth-order valence-corrected chi connectivity index (χ4v) is 2.32. The first-order valence-electron chi connectivity index (χ1n) is 6.59. The number of hydrogen-bond acceptors (Lipinski definition) is 9. The molecular formula is C12H19N7OS. The van der Waals surface area contributed by atoms with Crippen LogP contribution in [0.5, 0.6) is 6.01 Å². The van der Waals surface area contributed by atoms with Gasteiger partial charge in [-0.3, -0.25) is 5.43 Å². The Morgan fingerprint density at radius 1 is 1.29 bits per heavy atom. The van der Waals surface area contributed by atoms with E-state index in [1.54, 1.807) is 17.5 Å². The van der Waals surface area contributed by atoms with E-state index < -0.39 is 5.54 Å². The highest BCUT2D eigenvalue weighted by Gasteiger charge is 2.24. The minimum Gasteiger partial charge on any atom is -0.463 e. The van der Waals surface area contributed by atoms with Crippen LogP contribution in [0.2, 0.25) is 0 Å². The summed E-state index contributed by atoms with van der Waals surface area (Å²) in [4.78, 5) is 16.8. The molecule has 0 fully saturated rings. The number of rotatable bonds is 7. The molecule has 0 amide bonds. The van der Waals surface area contributed by atoms with Crippen molar-refractivity contribution in [2.45, 2.75) is 32.7 Å². The van der Waals surface area contributed by atoms with Gasteiger partial charge in [-0.2, -0.15) is 15.0 Å². The summed E-state index contributed by atoms with van der Waals surface area (Å²) in [6.07, 6.45) is 2.63. The van der Waals surface area contributed by atoms with Crippen LogP contribution >= 0.6 is 11.3 Å². The molecule has 8 nitrogen and oxygen atoms in total. The van der Waals surface area contributed by atoms with Gasteiger partial charge in [-0.15, -0.1) is 11.3 Å². The van der Waals surface area contributed by atoms with Crippen LogP contribution in [0.15, 0.2) is 11.6 Å². The molecule has 4 N–H and O–H groups in total. The van der Waals surface area contributed by atoms with Gasteiger partial charge in [0.25, 0.3) is 0 Å². The molecule has 0 bridgehead atoms. The molecule has 0 radical (unpaired) electrons. The average Bonchev–Trinajstić information content (AvgIpc) is 2.99. The van der Waals surface area contributed by atoms with Crippen molar-refractivity contribution >= 4 is 23.2 Å². The van der Waals surface area contributed by atoms with Gasteiger partial charge < -0.3 is 10.1 Å². The quantitative estimate of drug-likeness (QED) is 0.524. The molecule has 2 heterocycles. The predicted octanol–water partition coefficient (Wildman–Crippen LogP) is 1.75. The van der Waals surface area contributed by atoms with E-state index in [1.165, 1.54) is 0 Å². The molecule has 0 aliphatic carbocycles. The van der Waals surface area contributed by atoms with Gasteiger partial charge >= 0.3 is 6.01 Å². The zero-order valence-corrected chi connectivity index (χ0v) is 13.1. The lowest BCUT2D eigenvalue weighted by Gasteiger charge is -2.23. The number of hydrazine groups is 1. The Balaban J connectivity index is 2.22. The molecule has 9 heteroatoms. The second-order valence-corrected chi connectivity index (χ2v) is 5.74. The molecule has 0 unspecified atom stereocenters. The topological polar surface area (TPSA) is 111 Å². The number of aromatic nitrogens is 4. The predicted molar refractivity (Wildman–Crippen MR) is 82.2 cm³/mol. The highest BCUT2D eigenvalue weighted by atomic mass is 32.1. The van der Waals surface area contributed by atoms with E-state index in [9.17, 15) is 0 Å². The summed E-state index contributed by atoms with van der Waals surface area (Å²) in [6.45, 7) is 6.53. The lowest BCUT2D eigenvalue weighted by atomic mass is 10.1. The molecule has 114 valence electrons. The number of ether oxygens (including phenoxy) is 1. The molecule has 0 spiro atoms. The summed E-state index contributed by atoms with van der Waals surface area (Å²) in [5.74, 6) is 6.00. The number of thiazole rings is 1. The Kier molecular flexibility index (Phi) is 4.86. The molecule has 21 heavy (non-hydrogen) atoms. The Morgan fingerprint density at radius 2 is 2.05 bits per heavy atom. The summed E-state index contributed by atoms with van der Waals surface area (Å²) >= 11 is 1.56. The lowest BCUT2D eigenvalue weighted by molar-refractivity contribution is 0.292. The van der Waals surface area contributed by atoms with E-state index in [0.717, 1.165) is 11.4 Å². The Labute approximate surface area is 127 Å². The summed E-state index contributed by atoms with van der Waals surface area (Å²) < 4.78 is 5.43. The van der Waals surface area contributed by atoms with Gasteiger partial charge in [0.2, 0.25) is 11.9 Å². The van der Waals surface area contributed by atoms with E-state index in [0.29, 0.717) is 12.6 Å². The first-order valence-corrected chi connectivity index (χ1v) is 7.46. The van der Waals surface area contributed by atoms with Crippen molar-refractivity contribution < 1.29 is 4.74 Å². The molecule has 2 aromatic rings. The van der Waals surface area contributed by atoms with Gasteiger partial charge in [-0.25, -0.2) is 10.8 Å². The van der Waals surface area contributed by atoms with E-state index in [-0.39, 0.29) is 12.0 Å². The maximum atomic E-state index is 5.43. The van der Waals surface area contributed by atoms with E-state index >= 15 is 0 Å². The van der Waals surface area contributed by atoms with Crippen molar-refractivity contribution in [1.82, 2.24) is 19.9 Å². The minimum atomic E-state index is -0.413. The highest BCUT2D eigenvalue weighted by molar-refractivity contribution is 7.09. The number of nitrogen functional groups attached to an aromatic ring is 1. The zero-order valence-electron chi connectivity index (χ0n) is 12.3.